The van der Waals surface area contributed by atoms with Crippen LogP contribution in [0.5, 0.6) is 0 Å². The molecule has 0 aromatic heterocycles. The lowest BCUT2D eigenvalue weighted by atomic mass is 10.0. The lowest BCUT2D eigenvalue weighted by Gasteiger charge is -2.26. The zero-order valence-electron chi connectivity index (χ0n) is 11.9. The Bertz CT molecular complexity index is 430. The van der Waals surface area contributed by atoms with E-state index in [-0.39, 0.29) is 5.91 Å². The Morgan fingerprint density at radius 2 is 1.95 bits per heavy atom. The van der Waals surface area contributed by atoms with Gasteiger partial charge in [0.15, 0.2) is 0 Å². The van der Waals surface area contributed by atoms with Crippen LogP contribution in [0.2, 0.25) is 0 Å². The van der Waals surface area contributed by atoms with Gasteiger partial charge in [0.25, 0.3) is 5.91 Å². The van der Waals surface area contributed by atoms with Crippen molar-refractivity contribution in [2.45, 2.75) is 33.6 Å². The van der Waals surface area contributed by atoms with Crippen LogP contribution in [0.4, 0.5) is 5.69 Å². The molecule has 19 heavy (non-hydrogen) atoms. The van der Waals surface area contributed by atoms with Crippen LogP contribution in [-0.4, -0.2) is 23.9 Å². The SMILES string of the molecule is CCC(CC)CN(CC)C(=O)c1cc(Br)ccc1N. The lowest BCUT2D eigenvalue weighted by molar-refractivity contribution is 0.0736. The Balaban J connectivity index is 2.92. The van der Waals surface area contributed by atoms with Gasteiger partial charge in [-0.25, -0.2) is 0 Å². The molecule has 0 saturated carbocycles. The summed E-state index contributed by atoms with van der Waals surface area (Å²) >= 11 is 3.39. The van der Waals surface area contributed by atoms with Crippen molar-refractivity contribution in [2.24, 2.45) is 5.92 Å². The Labute approximate surface area is 124 Å². The van der Waals surface area contributed by atoms with Gasteiger partial charge < -0.3 is 10.6 Å². The van der Waals surface area contributed by atoms with Crippen molar-refractivity contribution in [3.63, 3.8) is 0 Å². The van der Waals surface area contributed by atoms with Crippen LogP contribution in [0.15, 0.2) is 22.7 Å². The minimum absolute atomic E-state index is 0.0215. The van der Waals surface area contributed by atoms with Crippen LogP contribution in [0.1, 0.15) is 44.0 Å². The molecule has 106 valence electrons. The van der Waals surface area contributed by atoms with E-state index in [0.29, 0.717) is 23.7 Å². The molecule has 1 amide bonds. The number of hydrogen-bond acceptors (Lipinski definition) is 2. The van der Waals surface area contributed by atoms with Gasteiger partial charge in [-0.15, -0.1) is 0 Å². The second kappa shape index (κ2) is 7.53. The third-order valence-corrected chi connectivity index (χ3v) is 4.04. The number of rotatable bonds is 6. The fraction of sp³-hybridized carbons (Fsp3) is 0.533. The van der Waals surface area contributed by atoms with Crippen molar-refractivity contribution in [1.29, 1.82) is 0 Å². The van der Waals surface area contributed by atoms with Gasteiger partial charge in [0.05, 0.1) is 5.56 Å². The van der Waals surface area contributed by atoms with Crippen molar-refractivity contribution in [1.82, 2.24) is 4.90 Å². The van der Waals surface area contributed by atoms with E-state index < -0.39 is 0 Å². The summed E-state index contributed by atoms with van der Waals surface area (Å²) in [6.07, 6.45) is 2.18. The number of carbonyl (C=O) groups excluding carboxylic acids is 1. The molecule has 0 fully saturated rings. The highest BCUT2D eigenvalue weighted by Gasteiger charge is 2.19. The average molecular weight is 327 g/mol. The maximum atomic E-state index is 12.5. The third-order valence-electron chi connectivity index (χ3n) is 3.55. The van der Waals surface area contributed by atoms with E-state index in [1.807, 2.05) is 17.9 Å². The maximum absolute atomic E-state index is 12.5. The van der Waals surface area contributed by atoms with Crippen molar-refractivity contribution in [3.8, 4) is 0 Å². The van der Waals surface area contributed by atoms with E-state index in [0.717, 1.165) is 23.9 Å². The number of benzene rings is 1. The molecule has 0 radical (unpaired) electrons. The molecule has 1 rings (SSSR count). The molecular weight excluding hydrogens is 304 g/mol. The van der Waals surface area contributed by atoms with Gasteiger partial charge in [-0.05, 0) is 31.0 Å². The van der Waals surface area contributed by atoms with Gasteiger partial charge in [-0.2, -0.15) is 0 Å². The molecule has 0 aliphatic heterocycles. The second-order valence-corrected chi connectivity index (χ2v) is 5.67. The van der Waals surface area contributed by atoms with Crippen LogP contribution in [-0.2, 0) is 0 Å². The number of amides is 1. The Hall–Kier alpha value is -1.03. The maximum Gasteiger partial charge on any atom is 0.255 e. The summed E-state index contributed by atoms with van der Waals surface area (Å²) in [4.78, 5) is 14.4. The van der Waals surface area contributed by atoms with Crippen LogP contribution >= 0.6 is 15.9 Å². The lowest BCUT2D eigenvalue weighted by Crippen LogP contribution is -2.35. The van der Waals surface area contributed by atoms with E-state index in [4.69, 9.17) is 5.73 Å². The zero-order valence-corrected chi connectivity index (χ0v) is 13.5. The molecule has 1 aromatic carbocycles. The van der Waals surface area contributed by atoms with Gasteiger partial charge in [-0.1, -0.05) is 42.6 Å². The molecule has 0 saturated heterocycles. The van der Waals surface area contributed by atoms with E-state index in [1.165, 1.54) is 0 Å². The van der Waals surface area contributed by atoms with Gasteiger partial charge in [-0.3, -0.25) is 4.79 Å². The van der Waals surface area contributed by atoms with E-state index in [1.54, 1.807) is 12.1 Å². The number of hydrogen-bond donors (Lipinski definition) is 1. The largest absolute Gasteiger partial charge is 0.398 e. The van der Waals surface area contributed by atoms with E-state index >= 15 is 0 Å². The molecule has 0 aliphatic carbocycles. The number of nitrogen functional groups attached to an aromatic ring is 1. The van der Waals surface area contributed by atoms with Crippen LogP contribution in [0.3, 0.4) is 0 Å². The monoisotopic (exact) mass is 326 g/mol. The van der Waals surface area contributed by atoms with Crippen molar-refractivity contribution in [2.75, 3.05) is 18.8 Å². The predicted molar refractivity (Wildman–Crippen MR) is 84.2 cm³/mol. The first kappa shape index (κ1) is 16.0. The van der Waals surface area contributed by atoms with Crippen LogP contribution < -0.4 is 5.73 Å². The van der Waals surface area contributed by atoms with Gasteiger partial charge >= 0.3 is 0 Å². The first-order valence-corrected chi connectivity index (χ1v) is 7.66. The normalized spacial score (nSPS) is 10.8. The van der Waals surface area contributed by atoms with E-state index in [9.17, 15) is 4.79 Å². The summed E-state index contributed by atoms with van der Waals surface area (Å²) in [6, 6.07) is 5.42. The standard InChI is InChI=1S/C15H23BrN2O/c1-4-11(5-2)10-18(6-3)15(19)13-9-12(16)7-8-14(13)17/h7-9,11H,4-6,10,17H2,1-3H3. The number of nitrogens with two attached hydrogens (primary N) is 1. The smallest absolute Gasteiger partial charge is 0.255 e. The summed E-state index contributed by atoms with van der Waals surface area (Å²) in [6.45, 7) is 7.85. The summed E-state index contributed by atoms with van der Waals surface area (Å²) in [5, 5.41) is 0. The number of carbonyl (C=O) groups is 1. The summed E-state index contributed by atoms with van der Waals surface area (Å²) in [5.74, 6) is 0.575. The molecule has 1 aromatic rings. The van der Waals surface area contributed by atoms with Crippen molar-refractivity contribution < 1.29 is 4.79 Å². The second-order valence-electron chi connectivity index (χ2n) is 4.76. The zero-order chi connectivity index (χ0) is 14.4. The minimum Gasteiger partial charge on any atom is -0.398 e. The summed E-state index contributed by atoms with van der Waals surface area (Å²) in [5.41, 5.74) is 7.03. The fourth-order valence-electron chi connectivity index (χ4n) is 2.10. The molecule has 0 atom stereocenters. The highest BCUT2D eigenvalue weighted by Crippen LogP contribution is 2.21. The third kappa shape index (κ3) is 4.23. The molecular formula is C15H23BrN2O. The highest BCUT2D eigenvalue weighted by atomic mass is 79.9. The quantitative estimate of drug-likeness (QED) is 0.805. The van der Waals surface area contributed by atoms with Gasteiger partial charge in [0.2, 0.25) is 0 Å². The molecule has 0 bridgehead atoms. The van der Waals surface area contributed by atoms with Gasteiger partial charge in [0, 0.05) is 23.2 Å². The molecule has 0 unspecified atom stereocenters. The van der Waals surface area contributed by atoms with Crippen LogP contribution in [0.25, 0.3) is 0 Å². The summed E-state index contributed by atoms with van der Waals surface area (Å²) in [7, 11) is 0. The predicted octanol–water partition coefficient (Wildman–Crippen LogP) is 3.93. The number of anilines is 1. The first-order valence-electron chi connectivity index (χ1n) is 6.87. The van der Waals surface area contributed by atoms with Crippen molar-refractivity contribution >= 4 is 27.5 Å². The molecule has 2 N–H and O–H groups in total. The number of halogens is 1. The van der Waals surface area contributed by atoms with Crippen molar-refractivity contribution in [3.05, 3.63) is 28.2 Å². The first-order chi connectivity index (χ1) is 9.03. The minimum atomic E-state index is 0.0215. The molecule has 0 aliphatic rings. The van der Waals surface area contributed by atoms with Crippen LogP contribution in [0, 0.1) is 5.92 Å². The average Bonchev–Trinajstić information content (AvgIpc) is 2.42. The summed E-state index contributed by atoms with van der Waals surface area (Å²) < 4.78 is 0.878. The Morgan fingerprint density at radius 1 is 1.32 bits per heavy atom. The molecule has 3 nitrogen and oxygen atoms in total. The Kier molecular flexibility index (Phi) is 6.35. The molecule has 4 heteroatoms. The number of nitrogens with zero attached hydrogens (tertiary/aromatic N) is 1. The fourth-order valence-corrected chi connectivity index (χ4v) is 2.46. The molecule has 0 spiro atoms. The van der Waals surface area contributed by atoms with E-state index in [2.05, 4.69) is 29.8 Å². The topological polar surface area (TPSA) is 46.3 Å². The Morgan fingerprint density at radius 3 is 2.47 bits per heavy atom. The highest BCUT2D eigenvalue weighted by molar-refractivity contribution is 9.10. The van der Waals surface area contributed by atoms with Gasteiger partial charge in [0.1, 0.15) is 0 Å². The molecule has 0 heterocycles.